The van der Waals surface area contributed by atoms with Crippen molar-refractivity contribution in [3.8, 4) is 0 Å². The number of rotatable bonds is 1. The number of carbonyl (C=O) groups is 2. The molecule has 1 aromatic heterocycles. The molecule has 7 nitrogen and oxygen atoms in total. The normalized spacial score (nSPS) is 30.3. The third kappa shape index (κ3) is 1.81. The number of para-hydroxylation sites is 2. The number of hydrogen-bond acceptors (Lipinski definition) is 4. The number of anilines is 1. The van der Waals surface area contributed by atoms with Crippen LogP contribution < -0.4 is 5.32 Å². The molecular weight excluding hydrogens is 368 g/mol. The first-order chi connectivity index (χ1) is 14.0. The van der Waals surface area contributed by atoms with Gasteiger partial charge in [-0.2, -0.15) is 0 Å². The molecule has 146 valence electrons. The van der Waals surface area contributed by atoms with E-state index in [0.717, 1.165) is 27.7 Å². The van der Waals surface area contributed by atoms with E-state index in [0.29, 0.717) is 0 Å². The van der Waals surface area contributed by atoms with Crippen LogP contribution in [0.25, 0.3) is 10.9 Å². The number of aromatic amines is 1. The van der Waals surface area contributed by atoms with E-state index >= 15 is 0 Å². The summed E-state index contributed by atoms with van der Waals surface area (Å²) in [4.78, 5) is 32.3. The maximum atomic E-state index is 13.0. The summed E-state index contributed by atoms with van der Waals surface area (Å²) in [5.74, 6) is -0.395. The second-order valence-electron chi connectivity index (χ2n) is 8.09. The molecule has 2 saturated heterocycles. The molecule has 2 fully saturated rings. The fourth-order valence-electron chi connectivity index (χ4n) is 5.56. The molecule has 4 atom stereocenters. The summed E-state index contributed by atoms with van der Waals surface area (Å²) in [5, 5.41) is 16.2. The SMILES string of the molecule is CN1CC(=O)N2C(C1=O)[C@@H](O)[C@]1(c3c[nH]c4ccccc34)c3ccccc3N[C@H]21. The van der Waals surface area contributed by atoms with Crippen LogP contribution in [0, 0.1) is 0 Å². The van der Waals surface area contributed by atoms with Gasteiger partial charge in [0.15, 0.2) is 0 Å². The van der Waals surface area contributed by atoms with Gasteiger partial charge in [0.25, 0.3) is 0 Å². The molecule has 3 aliphatic rings. The largest absolute Gasteiger partial charge is 0.389 e. The van der Waals surface area contributed by atoms with Crippen LogP contribution in [0.3, 0.4) is 0 Å². The molecular formula is C22H20N4O3. The Morgan fingerprint density at radius 2 is 1.83 bits per heavy atom. The molecule has 2 amide bonds. The number of hydrogen-bond donors (Lipinski definition) is 3. The number of aliphatic hydroxyl groups is 1. The summed E-state index contributed by atoms with van der Waals surface area (Å²) in [7, 11) is 1.61. The van der Waals surface area contributed by atoms with Crippen molar-refractivity contribution in [3.63, 3.8) is 0 Å². The van der Waals surface area contributed by atoms with Gasteiger partial charge in [0.05, 0.1) is 12.0 Å². The van der Waals surface area contributed by atoms with Crippen molar-refractivity contribution in [2.45, 2.75) is 23.7 Å². The molecule has 0 aliphatic carbocycles. The van der Waals surface area contributed by atoms with Gasteiger partial charge < -0.3 is 25.2 Å². The Kier molecular flexibility index (Phi) is 3.09. The van der Waals surface area contributed by atoms with Crippen molar-refractivity contribution in [2.75, 3.05) is 18.9 Å². The van der Waals surface area contributed by atoms with E-state index < -0.39 is 23.7 Å². The highest BCUT2D eigenvalue weighted by atomic mass is 16.3. The van der Waals surface area contributed by atoms with E-state index in [-0.39, 0.29) is 18.4 Å². The van der Waals surface area contributed by atoms with Gasteiger partial charge in [0.1, 0.15) is 18.3 Å². The number of amides is 2. The Bertz CT molecular complexity index is 1190. The van der Waals surface area contributed by atoms with Crippen LogP contribution in [0.5, 0.6) is 0 Å². The number of fused-ring (bicyclic) bond motifs is 6. The van der Waals surface area contributed by atoms with Crippen LogP contribution in [0.1, 0.15) is 11.1 Å². The van der Waals surface area contributed by atoms with Crippen LogP contribution in [-0.2, 0) is 15.0 Å². The number of H-pyrrole nitrogens is 1. The van der Waals surface area contributed by atoms with E-state index in [2.05, 4.69) is 10.3 Å². The van der Waals surface area contributed by atoms with Gasteiger partial charge in [-0.3, -0.25) is 9.59 Å². The monoisotopic (exact) mass is 388 g/mol. The van der Waals surface area contributed by atoms with Crippen LogP contribution in [-0.4, -0.2) is 63.6 Å². The Labute approximate surface area is 166 Å². The third-order valence-corrected chi connectivity index (χ3v) is 6.76. The number of nitrogens with one attached hydrogen (secondary N) is 2. The summed E-state index contributed by atoms with van der Waals surface area (Å²) < 4.78 is 0. The topological polar surface area (TPSA) is 88.7 Å². The zero-order chi connectivity index (χ0) is 19.9. The lowest BCUT2D eigenvalue weighted by Gasteiger charge is -2.37. The van der Waals surface area contributed by atoms with Crippen molar-refractivity contribution >= 4 is 28.4 Å². The second-order valence-corrected chi connectivity index (χ2v) is 8.09. The van der Waals surface area contributed by atoms with E-state index in [1.807, 2.05) is 54.7 Å². The van der Waals surface area contributed by atoms with Gasteiger partial charge in [-0.1, -0.05) is 36.4 Å². The lowest BCUT2D eigenvalue weighted by atomic mass is 9.70. The zero-order valence-corrected chi connectivity index (χ0v) is 15.8. The second kappa shape index (κ2) is 5.39. The fraction of sp³-hybridized carbons (Fsp3) is 0.273. The van der Waals surface area contributed by atoms with Crippen molar-refractivity contribution in [3.05, 3.63) is 65.9 Å². The van der Waals surface area contributed by atoms with E-state index in [1.54, 1.807) is 11.9 Å². The molecule has 0 spiro atoms. The molecule has 7 heteroatoms. The minimum Gasteiger partial charge on any atom is -0.389 e. The predicted octanol–water partition coefficient (Wildman–Crippen LogP) is 1.25. The number of piperazine rings is 1. The molecule has 3 aliphatic heterocycles. The average Bonchev–Trinajstić information content (AvgIpc) is 3.36. The number of nitrogens with zero attached hydrogens (tertiary/aromatic N) is 2. The third-order valence-electron chi connectivity index (χ3n) is 6.76. The van der Waals surface area contributed by atoms with Crippen molar-refractivity contribution in [1.29, 1.82) is 0 Å². The van der Waals surface area contributed by atoms with Crippen molar-refractivity contribution in [1.82, 2.24) is 14.8 Å². The van der Waals surface area contributed by atoms with Gasteiger partial charge in [-0.05, 0) is 23.3 Å². The van der Waals surface area contributed by atoms with Gasteiger partial charge in [-0.25, -0.2) is 0 Å². The fourth-order valence-corrected chi connectivity index (χ4v) is 5.56. The molecule has 29 heavy (non-hydrogen) atoms. The number of likely N-dealkylation sites (N-methyl/N-ethyl adjacent to an activating group) is 1. The summed E-state index contributed by atoms with van der Waals surface area (Å²) in [5.41, 5.74) is 2.67. The summed E-state index contributed by atoms with van der Waals surface area (Å²) in [6, 6.07) is 14.8. The van der Waals surface area contributed by atoms with Crippen LogP contribution in [0.2, 0.25) is 0 Å². The molecule has 3 N–H and O–H groups in total. The molecule has 4 heterocycles. The highest BCUT2D eigenvalue weighted by molar-refractivity contribution is 5.98. The Hall–Kier alpha value is -3.32. The minimum atomic E-state index is -1.08. The Balaban J connectivity index is 1.68. The number of carbonyl (C=O) groups excluding carboxylic acids is 2. The summed E-state index contributed by atoms with van der Waals surface area (Å²) in [6.45, 7) is 0.0144. The first kappa shape index (κ1) is 16.6. The Morgan fingerprint density at radius 3 is 2.69 bits per heavy atom. The molecule has 0 radical (unpaired) electrons. The Morgan fingerprint density at radius 1 is 1.07 bits per heavy atom. The highest BCUT2D eigenvalue weighted by Gasteiger charge is 2.69. The van der Waals surface area contributed by atoms with Crippen LogP contribution >= 0.6 is 0 Å². The molecule has 3 aromatic rings. The van der Waals surface area contributed by atoms with E-state index in [1.165, 1.54) is 4.90 Å². The summed E-state index contributed by atoms with van der Waals surface area (Å²) >= 11 is 0. The van der Waals surface area contributed by atoms with Crippen molar-refractivity contribution < 1.29 is 14.7 Å². The molecule has 2 aromatic carbocycles. The molecule has 6 rings (SSSR count). The first-order valence-electron chi connectivity index (χ1n) is 9.72. The lowest BCUT2D eigenvalue weighted by Crippen LogP contribution is -2.61. The van der Waals surface area contributed by atoms with Crippen LogP contribution in [0.4, 0.5) is 5.69 Å². The van der Waals surface area contributed by atoms with Crippen LogP contribution in [0.15, 0.2) is 54.7 Å². The number of benzene rings is 2. The van der Waals surface area contributed by atoms with Gasteiger partial charge in [-0.15, -0.1) is 0 Å². The maximum Gasteiger partial charge on any atom is 0.248 e. The molecule has 0 saturated carbocycles. The first-order valence-corrected chi connectivity index (χ1v) is 9.72. The van der Waals surface area contributed by atoms with Crippen molar-refractivity contribution in [2.24, 2.45) is 0 Å². The van der Waals surface area contributed by atoms with Gasteiger partial charge in [0, 0.05) is 29.8 Å². The predicted molar refractivity (Wildman–Crippen MR) is 107 cm³/mol. The van der Waals surface area contributed by atoms with Gasteiger partial charge in [0.2, 0.25) is 11.8 Å². The zero-order valence-electron chi connectivity index (χ0n) is 15.8. The molecule has 1 unspecified atom stereocenters. The lowest BCUT2D eigenvalue weighted by molar-refractivity contribution is -0.156. The van der Waals surface area contributed by atoms with E-state index in [9.17, 15) is 14.7 Å². The van der Waals surface area contributed by atoms with Gasteiger partial charge >= 0.3 is 0 Å². The smallest absolute Gasteiger partial charge is 0.248 e. The average molecular weight is 388 g/mol. The number of aromatic nitrogens is 1. The maximum absolute atomic E-state index is 13.0. The molecule has 0 bridgehead atoms. The quantitative estimate of drug-likeness (QED) is 0.585. The van der Waals surface area contributed by atoms with E-state index in [4.69, 9.17) is 0 Å². The standard InChI is InChI=1S/C22H20N4O3/c1-25-11-17(27)26-18(20(25)29)19(28)22(13-7-3-5-9-16(13)24-21(22)26)14-10-23-15-8-4-2-6-12(14)15/h2-10,18-19,21,23-24,28H,11H2,1H3/t18?,19-,21-,22-/m1/s1. The minimum absolute atomic E-state index is 0.0144. The number of aliphatic hydroxyl groups excluding tert-OH is 1. The highest BCUT2D eigenvalue weighted by Crippen LogP contribution is 2.56. The summed E-state index contributed by atoms with van der Waals surface area (Å²) in [6.07, 6.45) is 0.285.